The van der Waals surface area contributed by atoms with E-state index >= 15 is 13.2 Å². The molecular weight excluding hydrogens is 940 g/mol. The molecule has 0 aliphatic heterocycles. The van der Waals surface area contributed by atoms with Gasteiger partial charge in [0.05, 0.1) is 45.1 Å². The summed E-state index contributed by atoms with van der Waals surface area (Å²) < 4.78 is 55.5. The first-order valence-corrected chi connectivity index (χ1v) is 25.7. The number of benzene rings is 10. The molecule has 0 bridgehead atoms. The maximum Gasteiger partial charge on any atom is 0.420 e. The molecule has 0 aliphatic carbocycles. The summed E-state index contributed by atoms with van der Waals surface area (Å²) >= 11 is 0. The predicted octanol–water partition coefficient (Wildman–Crippen LogP) is 19.6. The van der Waals surface area contributed by atoms with Gasteiger partial charge < -0.3 is 9.13 Å². The van der Waals surface area contributed by atoms with Gasteiger partial charge in [0.25, 0.3) is 0 Å². The van der Waals surface area contributed by atoms with Gasteiger partial charge in [0.2, 0.25) is 0 Å². The Balaban J connectivity index is 1.22. The van der Waals surface area contributed by atoms with Crippen molar-refractivity contribution in [1.82, 2.24) is 9.13 Å². The van der Waals surface area contributed by atoms with E-state index in [1.807, 2.05) is 63.7 Å². The van der Waals surface area contributed by atoms with Crippen LogP contribution in [0.5, 0.6) is 0 Å². The lowest BCUT2D eigenvalue weighted by atomic mass is 9.96. The minimum atomic E-state index is -4.89. The minimum absolute atomic E-state index is 0.00491. The zero-order chi connectivity index (χ0) is 52.9. The molecule has 0 saturated carbocycles. The standard InChI is InChI=1S/C70H54F3N3/c1-40-22-41(2)27-54(26-40)49-12-17-63-59(35-49)60-36-50(55-28-42(3)23-43(4)29-55)13-18-64(60)75(63)67-21-16-58(53-11-9-10-48(34-53)39-74)69(68(67)70(71,72)73)76-65-19-14-51(56-30-44(5)24-45(6)31-56)37-61(65)62-38-52(15-20-66(62)76)57-32-46(7)25-47(8)33-57/h9-38H,1-8H3. The number of aryl methyl sites for hydroxylation is 8. The summed E-state index contributed by atoms with van der Waals surface area (Å²) in [5.41, 5.74) is 20.0. The highest BCUT2D eigenvalue weighted by Crippen LogP contribution is 2.49. The maximum atomic E-state index is 17.3. The van der Waals surface area contributed by atoms with Crippen molar-refractivity contribution in [3.63, 3.8) is 0 Å². The average Bonchev–Trinajstić information content (AvgIpc) is 3.94. The topological polar surface area (TPSA) is 33.6 Å². The van der Waals surface area contributed by atoms with Crippen LogP contribution in [0.3, 0.4) is 0 Å². The van der Waals surface area contributed by atoms with Crippen LogP contribution in [0.4, 0.5) is 13.2 Å². The van der Waals surface area contributed by atoms with Gasteiger partial charge in [0, 0.05) is 27.1 Å². The zero-order valence-corrected chi connectivity index (χ0v) is 43.8. The molecule has 12 rings (SSSR count). The zero-order valence-electron chi connectivity index (χ0n) is 43.8. The summed E-state index contributed by atoms with van der Waals surface area (Å²) in [6.45, 7) is 16.6. The highest BCUT2D eigenvalue weighted by atomic mass is 19.4. The van der Waals surface area contributed by atoms with E-state index < -0.39 is 11.7 Å². The molecular formula is C70H54F3N3. The first kappa shape index (κ1) is 48.0. The average molecular weight is 994 g/mol. The SMILES string of the molecule is Cc1cc(C)cc(-c2ccc3c(c2)c2cc(-c4cc(C)cc(C)c4)ccc2n3-c2ccc(-c3cccc(C#N)c3)c(-n3c4ccc(-c5cc(C)cc(C)c5)cc4c4cc(-c5cc(C)cc(C)c5)ccc43)c2C(F)(F)F)c1. The number of hydrogen-bond acceptors (Lipinski definition) is 1. The number of halogens is 3. The summed E-state index contributed by atoms with van der Waals surface area (Å²) in [5, 5.41) is 13.5. The van der Waals surface area contributed by atoms with Gasteiger partial charge in [-0.3, -0.25) is 0 Å². The lowest BCUT2D eigenvalue weighted by Gasteiger charge is -2.24. The largest absolute Gasteiger partial charge is 0.420 e. The number of hydrogen-bond donors (Lipinski definition) is 0. The van der Waals surface area contributed by atoms with Crippen molar-refractivity contribution in [1.29, 1.82) is 5.26 Å². The number of rotatable bonds is 7. The molecule has 3 nitrogen and oxygen atoms in total. The van der Waals surface area contributed by atoms with E-state index in [1.54, 1.807) is 30.3 Å². The van der Waals surface area contributed by atoms with E-state index in [2.05, 4.69) is 159 Å². The molecule has 0 N–H and O–H groups in total. The number of fused-ring (bicyclic) bond motifs is 6. The smallest absolute Gasteiger partial charge is 0.309 e. The lowest BCUT2D eigenvalue weighted by molar-refractivity contribution is -0.137. The molecule has 0 saturated heterocycles. The monoisotopic (exact) mass is 993 g/mol. The van der Waals surface area contributed by atoms with Gasteiger partial charge in [-0.15, -0.1) is 0 Å². The van der Waals surface area contributed by atoms with Crippen LogP contribution in [0.15, 0.2) is 182 Å². The van der Waals surface area contributed by atoms with Crippen molar-refractivity contribution in [3.05, 3.63) is 238 Å². The normalized spacial score (nSPS) is 11.9. The molecule has 12 aromatic rings. The second-order valence-electron chi connectivity index (χ2n) is 21.2. The lowest BCUT2D eigenvalue weighted by Crippen LogP contribution is -2.17. The Labute approximate surface area is 441 Å². The number of nitriles is 1. The van der Waals surface area contributed by atoms with Gasteiger partial charge in [0.15, 0.2) is 0 Å². The molecule has 370 valence electrons. The van der Waals surface area contributed by atoms with E-state index in [0.717, 1.165) is 111 Å². The van der Waals surface area contributed by atoms with Gasteiger partial charge in [-0.2, -0.15) is 18.4 Å². The van der Waals surface area contributed by atoms with Crippen LogP contribution >= 0.6 is 0 Å². The van der Waals surface area contributed by atoms with Gasteiger partial charge in [-0.25, -0.2) is 0 Å². The van der Waals surface area contributed by atoms with E-state index in [9.17, 15) is 5.26 Å². The van der Waals surface area contributed by atoms with Gasteiger partial charge >= 0.3 is 6.18 Å². The maximum absolute atomic E-state index is 17.3. The fourth-order valence-electron chi connectivity index (χ4n) is 12.1. The van der Waals surface area contributed by atoms with Gasteiger partial charge in [-0.1, -0.05) is 160 Å². The van der Waals surface area contributed by atoms with E-state index in [0.29, 0.717) is 38.8 Å². The van der Waals surface area contributed by atoms with Gasteiger partial charge in [-0.05, 0) is 172 Å². The first-order valence-electron chi connectivity index (χ1n) is 25.7. The summed E-state index contributed by atoms with van der Waals surface area (Å²) in [4.78, 5) is 0. The van der Waals surface area contributed by atoms with Gasteiger partial charge in [0.1, 0.15) is 5.56 Å². The van der Waals surface area contributed by atoms with E-state index in [-0.39, 0.29) is 11.4 Å². The van der Waals surface area contributed by atoms with Crippen molar-refractivity contribution in [2.75, 3.05) is 0 Å². The van der Waals surface area contributed by atoms with Crippen molar-refractivity contribution < 1.29 is 13.2 Å². The molecule has 0 spiro atoms. The van der Waals surface area contributed by atoms with E-state index in [4.69, 9.17) is 0 Å². The number of alkyl halides is 3. The molecule has 0 amide bonds. The second kappa shape index (κ2) is 18.2. The fourth-order valence-corrected chi connectivity index (χ4v) is 12.1. The Kier molecular flexibility index (Phi) is 11.5. The summed E-state index contributed by atoms with van der Waals surface area (Å²) in [6.07, 6.45) is -4.89. The fraction of sp³-hybridized carbons (Fsp3) is 0.129. The third-order valence-electron chi connectivity index (χ3n) is 15.0. The van der Waals surface area contributed by atoms with Crippen molar-refractivity contribution in [2.24, 2.45) is 0 Å². The summed E-state index contributed by atoms with van der Waals surface area (Å²) in [5.74, 6) is 0. The van der Waals surface area contributed by atoms with E-state index in [1.165, 1.54) is 0 Å². The molecule has 2 heterocycles. The predicted molar refractivity (Wildman–Crippen MR) is 310 cm³/mol. The van der Waals surface area contributed by atoms with Crippen LogP contribution < -0.4 is 0 Å². The summed E-state index contributed by atoms with van der Waals surface area (Å²) in [6, 6.07) is 63.0. The second-order valence-corrected chi connectivity index (χ2v) is 21.2. The highest BCUT2D eigenvalue weighted by molar-refractivity contribution is 6.14. The van der Waals surface area contributed by atoms with Crippen molar-refractivity contribution >= 4 is 43.6 Å². The van der Waals surface area contributed by atoms with Crippen LogP contribution in [-0.2, 0) is 6.18 Å². The van der Waals surface area contributed by atoms with Crippen LogP contribution in [-0.4, -0.2) is 9.13 Å². The summed E-state index contributed by atoms with van der Waals surface area (Å²) in [7, 11) is 0. The quantitative estimate of drug-likeness (QED) is 0.157. The first-order chi connectivity index (χ1) is 36.5. The number of aromatic nitrogens is 2. The molecule has 0 atom stereocenters. The van der Waals surface area contributed by atoms with Crippen LogP contribution in [0.1, 0.15) is 55.6 Å². The van der Waals surface area contributed by atoms with Crippen LogP contribution in [0.2, 0.25) is 0 Å². The van der Waals surface area contributed by atoms with Crippen LogP contribution in [0, 0.1) is 66.7 Å². The molecule has 0 fully saturated rings. The Bertz CT molecular complexity index is 4140. The van der Waals surface area contributed by atoms with Crippen molar-refractivity contribution in [3.8, 4) is 73.1 Å². The molecule has 0 aliphatic rings. The molecule has 76 heavy (non-hydrogen) atoms. The molecule has 6 heteroatoms. The van der Waals surface area contributed by atoms with Crippen molar-refractivity contribution in [2.45, 2.75) is 61.6 Å². The Morgan fingerprint density at radius 3 is 1.01 bits per heavy atom. The van der Waals surface area contributed by atoms with Crippen LogP contribution in [0.25, 0.3) is 111 Å². The number of nitrogens with zero attached hydrogens (tertiary/aromatic N) is 3. The third-order valence-corrected chi connectivity index (χ3v) is 15.0. The molecule has 2 aromatic heterocycles. The minimum Gasteiger partial charge on any atom is -0.309 e. The Morgan fingerprint density at radius 2 is 0.684 bits per heavy atom. The molecule has 0 unspecified atom stereocenters. The highest BCUT2D eigenvalue weighted by Gasteiger charge is 2.40. The molecule has 0 radical (unpaired) electrons. The molecule has 10 aromatic carbocycles. The Morgan fingerprint density at radius 1 is 0.342 bits per heavy atom. The third kappa shape index (κ3) is 8.43. The Hall–Kier alpha value is -8.92.